The summed E-state index contributed by atoms with van der Waals surface area (Å²) in [4.78, 5) is 2.71. The Bertz CT molecular complexity index is 203. The van der Waals surface area contributed by atoms with Crippen LogP contribution in [0.5, 0.6) is 0 Å². The fourth-order valence-electron chi connectivity index (χ4n) is 3.33. The average Bonchev–Trinajstić information content (AvgIpc) is 2.86. The maximum Gasteiger partial charge on any atom is 0.00981 e. The van der Waals surface area contributed by atoms with Crippen molar-refractivity contribution in [2.24, 2.45) is 17.6 Å². The molecule has 2 aliphatic rings. The van der Waals surface area contributed by atoms with Gasteiger partial charge in [-0.05, 0) is 51.0 Å². The zero-order valence-corrected chi connectivity index (χ0v) is 10.3. The first kappa shape index (κ1) is 11.4. The van der Waals surface area contributed by atoms with E-state index in [2.05, 4.69) is 18.7 Å². The Morgan fingerprint density at radius 3 is 2.67 bits per heavy atom. The molecule has 15 heavy (non-hydrogen) atoms. The zero-order valence-electron chi connectivity index (χ0n) is 10.3. The molecule has 2 N–H and O–H groups in total. The second-order valence-electron chi connectivity index (χ2n) is 5.64. The van der Waals surface area contributed by atoms with Crippen LogP contribution in [0.4, 0.5) is 0 Å². The highest BCUT2D eigenvalue weighted by Gasteiger charge is 2.33. The van der Waals surface area contributed by atoms with E-state index in [0.29, 0.717) is 6.04 Å². The van der Waals surface area contributed by atoms with E-state index >= 15 is 0 Å². The summed E-state index contributed by atoms with van der Waals surface area (Å²) in [6.45, 7) is 7.06. The van der Waals surface area contributed by atoms with Crippen LogP contribution in [0.2, 0.25) is 0 Å². The lowest BCUT2D eigenvalue weighted by Crippen LogP contribution is -2.34. The molecule has 0 spiro atoms. The maximum atomic E-state index is 5.99. The Balaban J connectivity index is 1.81. The first-order valence-electron chi connectivity index (χ1n) is 6.70. The quantitative estimate of drug-likeness (QED) is 0.774. The van der Waals surface area contributed by atoms with Crippen LogP contribution in [-0.2, 0) is 0 Å². The van der Waals surface area contributed by atoms with Crippen molar-refractivity contribution in [2.75, 3.05) is 13.1 Å². The fourth-order valence-corrected chi connectivity index (χ4v) is 3.33. The Hall–Kier alpha value is -0.0800. The molecule has 2 rings (SSSR count). The van der Waals surface area contributed by atoms with Gasteiger partial charge in [0.1, 0.15) is 0 Å². The Morgan fingerprint density at radius 1 is 1.33 bits per heavy atom. The van der Waals surface area contributed by atoms with Gasteiger partial charge in [0.25, 0.3) is 0 Å². The lowest BCUT2D eigenvalue weighted by molar-refractivity contribution is 0.228. The van der Waals surface area contributed by atoms with Crippen LogP contribution < -0.4 is 5.73 Å². The summed E-state index contributed by atoms with van der Waals surface area (Å²) in [5.41, 5.74) is 5.99. The van der Waals surface area contributed by atoms with E-state index < -0.39 is 0 Å². The predicted octanol–water partition coefficient (Wildman–Crippen LogP) is 2.23. The SMILES string of the molecule is CCC1CCC(N2CCC(C(C)N)C2)C1. The summed E-state index contributed by atoms with van der Waals surface area (Å²) < 4.78 is 0. The number of nitrogens with zero attached hydrogens (tertiary/aromatic N) is 1. The van der Waals surface area contributed by atoms with Crippen LogP contribution >= 0.6 is 0 Å². The molecular weight excluding hydrogens is 184 g/mol. The van der Waals surface area contributed by atoms with Crippen molar-refractivity contribution in [3.63, 3.8) is 0 Å². The van der Waals surface area contributed by atoms with Crippen molar-refractivity contribution in [1.82, 2.24) is 4.90 Å². The van der Waals surface area contributed by atoms with Gasteiger partial charge in [0, 0.05) is 18.6 Å². The smallest absolute Gasteiger partial charge is 0.00981 e. The van der Waals surface area contributed by atoms with E-state index in [1.807, 2.05) is 0 Å². The van der Waals surface area contributed by atoms with Crippen LogP contribution in [-0.4, -0.2) is 30.1 Å². The first-order chi connectivity index (χ1) is 7.20. The van der Waals surface area contributed by atoms with Crippen LogP contribution in [0, 0.1) is 11.8 Å². The first-order valence-corrected chi connectivity index (χ1v) is 6.70. The van der Waals surface area contributed by atoms with Crippen molar-refractivity contribution < 1.29 is 0 Å². The summed E-state index contributed by atoms with van der Waals surface area (Å²) in [5, 5.41) is 0. The van der Waals surface area contributed by atoms with Gasteiger partial charge >= 0.3 is 0 Å². The number of likely N-dealkylation sites (tertiary alicyclic amines) is 1. The van der Waals surface area contributed by atoms with Gasteiger partial charge in [0.15, 0.2) is 0 Å². The molecule has 0 radical (unpaired) electrons. The Labute approximate surface area is 94.2 Å². The normalized spacial score (nSPS) is 39.8. The predicted molar refractivity (Wildman–Crippen MR) is 64.7 cm³/mol. The van der Waals surface area contributed by atoms with Gasteiger partial charge < -0.3 is 10.6 Å². The van der Waals surface area contributed by atoms with Crippen LogP contribution in [0.1, 0.15) is 46.0 Å². The van der Waals surface area contributed by atoms with Gasteiger partial charge in [-0.25, -0.2) is 0 Å². The van der Waals surface area contributed by atoms with Gasteiger partial charge in [-0.3, -0.25) is 0 Å². The largest absolute Gasteiger partial charge is 0.328 e. The third-order valence-corrected chi connectivity index (χ3v) is 4.61. The van der Waals surface area contributed by atoms with E-state index in [0.717, 1.165) is 17.9 Å². The third kappa shape index (κ3) is 2.54. The topological polar surface area (TPSA) is 29.3 Å². The number of hydrogen-bond donors (Lipinski definition) is 1. The summed E-state index contributed by atoms with van der Waals surface area (Å²) in [6.07, 6.45) is 7.04. The molecule has 1 saturated heterocycles. The molecule has 4 unspecified atom stereocenters. The van der Waals surface area contributed by atoms with E-state index in [9.17, 15) is 0 Å². The molecule has 2 nitrogen and oxygen atoms in total. The molecular formula is C13H26N2. The molecule has 0 amide bonds. The second kappa shape index (κ2) is 4.84. The molecule has 0 aromatic rings. The van der Waals surface area contributed by atoms with Gasteiger partial charge in [-0.1, -0.05) is 13.3 Å². The Morgan fingerprint density at radius 2 is 2.13 bits per heavy atom. The van der Waals surface area contributed by atoms with Crippen molar-refractivity contribution in [2.45, 2.75) is 58.0 Å². The highest BCUT2D eigenvalue weighted by Crippen LogP contribution is 2.34. The summed E-state index contributed by atoms with van der Waals surface area (Å²) in [5.74, 6) is 1.76. The van der Waals surface area contributed by atoms with Crippen molar-refractivity contribution in [3.05, 3.63) is 0 Å². The third-order valence-electron chi connectivity index (χ3n) is 4.61. The van der Waals surface area contributed by atoms with Crippen LogP contribution in [0.3, 0.4) is 0 Å². The zero-order chi connectivity index (χ0) is 10.8. The summed E-state index contributed by atoms with van der Waals surface area (Å²) in [6, 6.07) is 1.28. The molecule has 1 aliphatic carbocycles. The summed E-state index contributed by atoms with van der Waals surface area (Å²) in [7, 11) is 0. The van der Waals surface area contributed by atoms with Crippen molar-refractivity contribution >= 4 is 0 Å². The van der Waals surface area contributed by atoms with E-state index in [1.165, 1.54) is 45.2 Å². The highest BCUT2D eigenvalue weighted by molar-refractivity contribution is 4.89. The molecule has 0 bridgehead atoms. The lowest BCUT2D eigenvalue weighted by Gasteiger charge is -2.24. The molecule has 1 saturated carbocycles. The second-order valence-corrected chi connectivity index (χ2v) is 5.64. The number of nitrogens with two attached hydrogens (primary N) is 1. The van der Waals surface area contributed by atoms with Gasteiger partial charge in [-0.2, -0.15) is 0 Å². The molecule has 1 heterocycles. The monoisotopic (exact) mass is 210 g/mol. The average molecular weight is 210 g/mol. The molecule has 0 aromatic carbocycles. The fraction of sp³-hybridized carbons (Fsp3) is 1.00. The van der Waals surface area contributed by atoms with E-state index in [4.69, 9.17) is 5.73 Å². The molecule has 0 aromatic heterocycles. The van der Waals surface area contributed by atoms with E-state index in [1.54, 1.807) is 0 Å². The van der Waals surface area contributed by atoms with Gasteiger partial charge in [-0.15, -0.1) is 0 Å². The highest BCUT2D eigenvalue weighted by atomic mass is 15.2. The molecule has 2 heteroatoms. The van der Waals surface area contributed by atoms with Gasteiger partial charge in [0.2, 0.25) is 0 Å². The van der Waals surface area contributed by atoms with Gasteiger partial charge in [0.05, 0.1) is 0 Å². The van der Waals surface area contributed by atoms with Crippen LogP contribution in [0.25, 0.3) is 0 Å². The van der Waals surface area contributed by atoms with Crippen molar-refractivity contribution in [1.29, 1.82) is 0 Å². The minimum absolute atomic E-state index is 0.387. The minimum atomic E-state index is 0.387. The molecule has 1 aliphatic heterocycles. The molecule has 4 atom stereocenters. The molecule has 88 valence electrons. The summed E-state index contributed by atoms with van der Waals surface area (Å²) >= 11 is 0. The number of hydrogen-bond acceptors (Lipinski definition) is 2. The van der Waals surface area contributed by atoms with Crippen LogP contribution in [0.15, 0.2) is 0 Å². The maximum absolute atomic E-state index is 5.99. The lowest BCUT2D eigenvalue weighted by atomic mass is 10.0. The Kier molecular flexibility index (Phi) is 3.68. The minimum Gasteiger partial charge on any atom is -0.328 e. The standard InChI is InChI=1S/C13H26N2/c1-3-11-4-5-13(8-11)15-7-6-12(9-15)10(2)14/h10-13H,3-9,14H2,1-2H3. The molecule has 2 fully saturated rings. The van der Waals surface area contributed by atoms with E-state index in [-0.39, 0.29) is 0 Å². The van der Waals surface area contributed by atoms with Crippen molar-refractivity contribution in [3.8, 4) is 0 Å². The number of rotatable bonds is 3.